The Morgan fingerprint density at radius 1 is 1.35 bits per heavy atom. The van der Waals surface area contributed by atoms with E-state index in [9.17, 15) is 13.2 Å². The number of carbonyl (C=O) groups excluding carboxylic acids is 1. The minimum absolute atomic E-state index is 0.0165. The molecule has 0 unspecified atom stereocenters. The second kappa shape index (κ2) is 6.28. The van der Waals surface area contributed by atoms with Crippen molar-refractivity contribution in [3.8, 4) is 0 Å². The molecule has 7 nitrogen and oxygen atoms in total. The van der Waals surface area contributed by atoms with Crippen molar-refractivity contribution in [1.29, 1.82) is 0 Å². The number of rotatable bonds is 6. The fourth-order valence-corrected chi connectivity index (χ4v) is 1.45. The topological polar surface area (TPSA) is 108 Å². The van der Waals surface area contributed by atoms with Gasteiger partial charge in [-0.25, -0.2) is 0 Å². The van der Waals surface area contributed by atoms with Crippen LogP contribution in [-0.4, -0.2) is 42.7 Å². The Morgan fingerprint density at radius 2 is 2.00 bits per heavy atom. The van der Waals surface area contributed by atoms with Crippen LogP contribution in [0.3, 0.4) is 0 Å². The van der Waals surface area contributed by atoms with Crippen LogP contribution in [-0.2, 0) is 14.9 Å². The van der Waals surface area contributed by atoms with E-state index in [0.717, 1.165) is 0 Å². The van der Waals surface area contributed by atoms with E-state index < -0.39 is 15.9 Å². The number of nitrogens with one attached hydrogen (secondary N) is 2. The Balaban J connectivity index is 2.23. The van der Waals surface area contributed by atoms with Crippen LogP contribution in [0.2, 0.25) is 0 Å². The number of anilines is 1. The van der Waals surface area contributed by atoms with Crippen LogP contribution >= 0.6 is 0 Å². The number of hydrogen-bond acceptors (Lipinski definition) is 5. The van der Waals surface area contributed by atoms with Crippen LogP contribution in [0.15, 0.2) is 24.5 Å². The number of pyridine rings is 1. The molecule has 17 heavy (non-hydrogen) atoms. The summed E-state index contributed by atoms with van der Waals surface area (Å²) in [6.45, 7) is -0.0135. The molecule has 1 amide bonds. The van der Waals surface area contributed by atoms with Crippen molar-refractivity contribution in [2.45, 2.75) is 0 Å². The molecular formula is C9H13N3O4S. The van der Waals surface area contributed by atoms with E-state index in [1.807, 2.05) is 0 Å². The standard InChI is InChI=1S/C9H13N3O4S/c13-9(7-11-5-6-17(14,15)16)12-8-1-3-10-4-2-8/h1-4,11H,5-7H2,(H,10,12,13)(H,14,15,16). The molecule has 94 valence electrons. The average Bonchev–Trinajstić information content (AvgIpc) is 2.25. The monoisotopic (exact) mass is 259 g/mol. The summed E-state index contributed by atoms with van der Waals surface area (Å²) in [5.74, 6) is -0.721. The number of aromatic nitrogens is 1. The highest BCUT2D eigenvalue weighted by Crippen LogP contribution is 2.01. The molecule has 8 heteroatoms. The van der Waals surface area contributed by atoms with Crippen LogP contribution in [0.25, 0.3) is 0 Å². The van der Waals surface area contributed by atoms with Gasteiger partial charge in [0.2, 0.25) is 5.91 Å². The molecule has 0 aliphatic heterocycles. The van der Waals surface area contributed by atoms with Crippen LogP contribution in [0.5, 0.6) is 0 Å². The molecule has 0 atom stereocenters. The van der Waals surface area contributed by atoms with Gasteiger partial charge in [-0.1, -0.05) is 0 Å². The molecule has 0 aliphatic rings. The summed E-state index contributed by atoms with van der Waals surface area (Å²) in [6, 6.07) is 3.27. The first-order chi connectivity index (χ1) is 7.97. The lowest BCUT2D eigenvalue weighted by Gasteiger charge is -2.05. The highest BCUT2D eigenvalue weighted by Gasteiger charge is 2.05. The second-order valence-corrected chi connectivity index (χ2v) is 4.82. The van der Waals surface area contributed by atoms with Gasteiger partial charge in [-0.2, -0.15) is 8.42 Å². The molecule has 1 rings (SSSR count). The maximum absolute atomic E-state index is 11.3. The van der Waals surface area contributed by atoms with Crippen molar-refractivity contribution in [2.75, 3.05) is 24.2 Å². The Labute approximate surface area is 99.0 Å². The summed E-state index contributed by atoms with van der Waals surface area (Å²) in [4.78, 5) is 15.1. The van der Waals surface area contributed by atoms with E-state index in [4.69, 9.17) is 4.55 Å². The summed E-state index contributed by atoms with van der Waals surface area (Å²) in [5, 5.41) is 5.18. The first-order valence-electron chi connectivity index (χ1n) is 4.83. The molecule has 0 fully saturated rings. The molecule has 0 saturated heterocycles. The Morgan fingerprint density at radius 3 is 2.59 bits per heavy atom. The largest absolute Gasteiger partial charge is 0.325 e. The highest BCUT2D eigenvalue weighted by atomic mass is 32.2. The van der Waals surface area contributed by atoms with Gasteiger partial charge >= 0.3 is 0 Å². The van der Waals surface area contributed by atoms with Gasteiger partial charge in [-0.05, 0) is 12.1 Å². The molecule has 0 aliphatic carbocycles. The molecule has 0 aromatic carbocycles. The van der Waals surface area contributed by atoms with Crippen LogP contribution in [0.4, 0.5) is 5.69 Å². The van der Waals surface area contributed by atoms with Crippen molar-refractivity contribution in [1.82, 2.24) is 10.3 Å². The molecule has 1 aromatic heterocycles. The normalized spacial score (nSPS) is 11.1. The van der Waals surface area contributed by atoms with Gasteiger partial charge in [0, 0.05) is 24.6 Å². The van der Waals surface area contributed by atoms with E-state index in [1.165, 1.54) is 0 Å². The summed E-state index contributed by atoms with van der Waals surface area (Å²) < 4.78 is 29.2. The quantitative estimate of drug-likeness (QED) is 0.469. The van der Waals surface area contributed by atoms with Crippen molar-refractivity contribution < 1.29 is 17.8 Å². The van der Waals surface area contributed by atoms with Crippen molar-refractivity contribution in [2.24, 2.45) is 0 Å². The predicted molar refractivity (Wildman–Crippen MR) is 62.2 cm³/mol. The van der Waals surface area contributed by atoms with E-state index in [2.05, 4.69) is 15.6 Å². The van der Waals surface area contributed by atoms with Gasteiger partial charge in [0.05, 0.1) is 12.3 Å². The van der Waals surface area contributed by atoms with Gasteiger partial charge in [0.25, 0.3) is 10.1 Å². The van der Waals surface area contributed by atoms with Crippen molar-refractivity contribution >= 4 is 21.7 Å². The van der Waals surface area contributed by atoms with Crippen LogP contribution in [0.1, 0.15) is 0 Å². The van der Waals surface area contributed by atoms with Crippen LogP contribution in [0, 0.1) is 0 Å². The molecule has 0 radical (unpaired) electrons. The zero-order valence-electron chi connectivity index (χ0n) is 8.96. The van der Waals surface area contributed by atoms with E-state index >= 15 is 0 Å². The third-order valence-corrected chi connectivity index (χ3v) is 2.51. The Hall–Kier alpha value is -1.51. The molecule has 0 saturated carbocycles. The van der Waals surface area contributed by atoms with E-state index in [1.54, 1.807) is 24.5 Å². The minimum Gasteiger partial charge on any atom is -0.325 e. The van der Waals surface area contributed by atoms with Gasteiger partial charge in [-0.15, -0.1) is 0 Å². The summed E-state index contributed by atoms with van der Waals surface area (Å²) >= 11 is 0. The lowest BCUT2D eigenvalue weighted by Crippen LogP contribution is -2.31. The van der Waals surface area contributed by atoms with Crippen LogP contribution < -0.4 is 10.6 Å². The first-order valence-corrected chi connectivity index (χ1v) is 6.44. The van der Waals surface area contributed by atoms with Crippen molar-refractivity contribution in [3.05, 3.63) is 24.5 Å². The molecule has 1 aromatic rings. The fourth-order valence-electron chi connectivity index (χ4n) is 1.04. The Bertz CT molecular complexity index is 460. The second-order valence-electron chi connectivity index (χ2n) is 3.25. The zero-order chi connectivity index (χ0) is 12.7. The molecule has 0 bridgehead atoms. The number of hydrogen-bond donors (Lipinski definition) is 3. The molecule has 3 N–H and O–H groups in total. The predicted octanol–water partition coefficient (Wildman–Crippen LogP) is -0.502. The third kappa shape index (κ3) is 6.61. The maximum atomic E-state index is 11.3. The smallest absolute Gasteiger partial charge is 0.266 e. The Kier molecular flexibility index (Phi) is 5.01. The molecular weight excluding hydrogens is 246 g/mol. The van der Waals surface area contributed by atoms with Gasteiger partial charge in [0.15, 0.2) is 0 Å². The zero-order valence-corrected chi connectivity index (χ0v) is 9.77. The maximum Gasteiger partial charge on any atom is 0.266 e. The van der Waals surface area contributed by atoms with E-state index in [-0.39, 0.29) is 19.0 Å². The molecule has 1 heterocycles. The first kappa shape index (κ1) is 13.6. The number of carbonyl (C=O) groups is 1. The van der Waals surface area contributed by atoms with E-state index in [0.29, 0.717) is 5.69 Å². The summed E-state index contributed by atoms with van der Waals surface area (Å²) in [5.41, 5.74) is 0.613. The number of amides is 1. The highest BCUT2D eigenvalue weighted by molar-refractivity contribution is 7.85. The van der Waals surface area contributed by atoms with Gasteiger partial charge < -0.3 is 10.6 Å². The fraction of sp³-hybridized carbons (Fsp3) is 0.333. The lowest BCUT2D eigenvalue weighted by molar-refractivity contribution is -0.115. The third-order valence-electron chi connectivity index (χ3n) is 1.79. The average molecular weight is 259 g/mol. The molecule has 0 spiro atoms. The lowest BCUT2D eigenvalue weighted by atomic mass is 10.4. The summed E-state index contributed by atoms with van der Waals surface area (Å²) in [6.07, 6.45) is 3.09. The SMILES string of the molecule is O=C(CNCCS(=O)(=O)O)Nc1ccncc1. The van der Waals surface area contributed by atoms with Crippen molar-refractivity contribution in [3.63, 3.8) is 0 Å². The van der Waals surface area contributed by atoms with Gasteiger partial charge in [0.1, 0.15) is 0 Å². The number of nitrogens with zero attached hydrogens (tertiary/aromatic N) is 1. The van der Waals surface area contributed by atoms with Gasteiger partial charge in [-0.3, -0.25) is 14.3 Å². The minimum atomic E-state index is -3.98. The summed E-state index contributed by atoms with van der Waals surface area (Å²) in [7, 11) is -3.98.